The number of imide groups is 2. The largest absolute Gasteiger partial charge is 0.332 e. The minimum Gasteiger partial charge on any atom is -0.269 e. The molecule has 4 amide bonds. The summed E-state index contributed by atoms with van der Waals surface area (Å²) in [5, 5.41) is 2.45. The number of carbonyl (C=O) groups excluding carboxylic acids is 3. The van der Waals surface area contributed by atoms with Gasteiger partial charge >= 0.3 is 17.8 Å². The van der Waals surface area contributed by atoms with E-state index in [1.807, 2.05) is 5.32 Å². The molecule has 1 aliphatic rings. The molecule has 1 fully saturated rings. The van der Waals surface area contributed by atoms with Gasteiger partial charge in [-0.25, -0.2) is 9.69 Å². The third-order valence-electron chi connectivity index (χ3n) is 2.57. The van der Waals surface area contributed by atoms with Crippen molar-refractivity contribution in [2.45, 2.75) is 13.0 Å². The van der Waals surface area contributed by atoms with Crippen LogP contribution in [0.4, 0.5) is 4.79 Å². The molecule has 1 aromatic rings. The number of urea groups is 1. The zero-order valence-electron chi connectivity index (χ0n) is 8.94. The lowest BCUT2D eigenvalue weighted by molar-refractivity contribution is -0.141. The number of benzene rings is 1. The smallest absolute Gasteiger partial charge is 0.269 e. The van der Waals surface area contributed by atoms with E-state index in [-0.39, 0.29) is 0 Å². The molecule has 1 aromatic carbocycles. The molecule has 1 unspecified atom stereocenters. The van der Waals surface area contributed by atoms with E-state index < -0.39 is 23.9 Å². The van der Waals surface area contributed by atoms with Gasteiger partial charge in [0.1, 0.15) is 0 Å². The topological polar surface area (TPSA) is 66.5 Å². The summed E-state index contributed by atoms with van der Waals surface area (Å²) in [4.78, 5) is 34.8. The van der Waals surface area contributed by atoms with Crippen LogP contribution >= 0.6 is 11.6 Å². The van der Waals surface area contributed by atoms with Gasteiger partial charge in [0.05, 0.1) is 6.04 Å². The highest BCUT2D eigenvalue weighted by molar-refractivity contribution is 6.44. The third-order valence-corrected chi connectivity index (χ3v) is 2.81. The second-order valence-electron chi connectivity index (χ2n) is 3.67. The van der Waals surface area contributed by atoms with Crippen molar-refractivity contribution in [1.29, 1.82) is 0 Å². The Balaban J connectivity index is 2.32. The maximum atomic E-state index is 11.5. The monoisotopic (exact) mass is 252 g/mol. The molecule has 17 heavy (non-hydrogen) atoms. The maximum Gasteiger partial charge on any atom is 0.332 e. The highest BCUT2D eigenvalue weighted by Crippen LogP contribution is 2.24. The summed E-state index contributed by atoms with van der Waals surface area (Å²) < 4.78 is 0. The highest BCUT2D eigenvalue weighted by atomic mass is 35.5. The van der Waals surface area contributed by atoms with E-state index in [4.69, 9.17) is 11.6 Å². The van der Waals surface area contributed by atoms with Crippen LogP contribution in [0.3, 0.4) is 0 Å². The van der Waals surface area contributed by atoms with Crippen molar-refractivity contribution in [1.82, 2.24) is 10.2 Å². The Labute approximate surface area is 102 Å². The zero-order chi connectivity index (χ0) is 12.6. The van der Waals surface area contributed by atoms with Crippen LogP contribution in [0.15, 0.2) is 24.3 Å². The minimum atomic E-state index is -0.899. The third kappa shape index (κ3) is 2.01. The molecule has 6 heteroatoms. The van der Waals surface area contributed by atoms with Gasteiger partial charge in [-0.05, 0) is 24.6 Å². The van der Waals surface area contributed by atoms with Crippen LogP contribution in [0.2, 0.25) is 5.02 Å². The molecular formula is C11H9ClN2O3. The predicted molar refractivity (Wildman–Crippen MR) is 60.3 cm³/mol. The van der Waals surface area contributed by atoms with E-state index in [9.17, 15) is 14.4 Å². The van der Waals surface area contributed by atoms with Gasteiger partial charge in [-0.1, -0.05) is 23.7 Å². The van der Waals surface area contributed by atoms with Gasteiger partial charge in [0, 0.05) is 5.02 Å². The van der Waals surface area contributed by atoms with E-state index in [0.717, 1.165) is 4.90 Å². The Kier molecular flexibility index (Phi) is 2.85. The van der Waals surface area contributed by atoms with E-state index in [2.05, 4.69) is 0 Å². The van der Waals surface area contributed by atoms with E-state index in [0.29, 0.717) is 10.6 Å². The molecule has 0 bridgehead atoms. The molecule has 0 aliphatic carbocycles. The first-order valence-electron chi connectivity index (χ1n) is 4.94. The van der Waals surface area contributed by atoms with Gasteiger partial charge in [0.2, 0.25) is 0 Å². The van der Waals surface area contributed by atoms with Crippen molar-refractivity contribution in [3.05, 3.63) is 34.9 Å². The quantitative estimate of drug-likeness (QED) is 0.640. The predicted octanol–water partition coefficient (Wildman–Crippen LogP) is 1.48. The number of carbonyl (C=O) groups is 3. The van der Waals surface area contributed by atoms with Gasteiger partial charge in [0.25, 0.3) is 0 Å². The number of hydrogen-bond acceptors (Lipinski definition) is 3. The van der Waals surface area contributed by atoms with Crippen molar-refractivity contribution in [2.75, 3.05) is 0 Å². The van der Waals surface area contributed by atoms with Crippen LogP contribution in [0.1, 0.15) is 18.5 Å². The Hall–Kier alpha value is -1.88. The SMILES string of the molecule is CC(c1cccc(Cl)c1)N1C(=O)NC(=O)C1=O. The van der Waals surface area contributed by atoms with Gasteiger partial charge in [-0.3, -0.25) is 14.9 Å². The van der Waals surface area contributed by atoms with Gasteiger partial charge in [-0.15, -0.1) is 0 Å². The first-order valence-corrected chi connectivity index (χ1v) is 5.32. The van der Waals surface area contributed by atoms with Crippen LogP contribution in [0, 0.1) is 0 Å². The number of nitrogens with zero attached hydrogens (tertiary/aromatic N) is 1. The van der Waals surface area contributed by atoms with Crippen LogP contribution in [-0.2, 0) is 9.59 Å². The minimum absolute atomic E-state index is 0.507. The Morgan fingerprint density at radius 3 is 2.53 bits per heavy atom. The molecule has 1 N–H and O–H groups in total. The van der Waals surface area contributed by atoms with Crippen molar-refractivity contribution in [3.8, 4) is 0 Å². The fraction of sp³-hybridized carbons (Fsp3) is 0.182. The maximum absolute atomic E-state index is 11.5. The van der Waals surface area contributed by atoms with Crippen molar-refractivity contribution < 1.29 is 14.4 Å². The average molecular weight is 253 g/mol. The number of hydrogen-bond donors (Lipinski definition) is 1. The summed E-state index contributed by atoms with van der Waals surface area (Å²) in [7, 11) is 0. The zero-order valence-corrected chi connectivity index (χ0v) is 9.69. The molecule has 0 spiro atoms. The van der Waals surface area contributed by atoms with Crippen LogP contribution < -0.4 is 5.32 Å². The van der Waals surface area contributed by atoms with Crippen LogP contribution in [0.25, 0.3) is 0 Å². The molecule has 88 valence electrons. The molecule has 0 radical (unpaired) electrons. The molecule has 0 saturated carbocycles. The fourth-order valence-electron chi connectivity index (χ4n) is 1.68. The second kappa shape index (κ2) is 4.18. The lowest BCUT2D eigenvalue weighted by atomic mass is 10.1. The van der Waals surface area contributed by atoms with E-state index in [1.54, 1.807) is 31.2 Å². The van der Waals surface area contributed by atoms with Crippen LogP contribution in [0.5, 0.6) is 0 Å². The van der Waals surface area contributed by atoms with E-state index >= 15 is 0 Å². The molecule has 1 aliphatic heterocycles. The van der Waals surface area contributed by atoms with Gasteiger partial charge in [-0.2, -0.15) is 0 Å². The summed E-state index contributed by atoms with van der Waals surface area (Å²) in [5.74, 6) is -1.74. The molecule has 0 aromatic heterocycles. The van der Waals surface area contributed by atoms with Gasteiger partial charge in [0.15, 0.2) is 0 Å². The first kappa shape index (κ1) is 11.6. The first-order chi connectivity index (χ1) is 8.00. The van der Waals surface area contributed by atoms with E-state index in [1.165, 1.54) is 0 Å². The van der Waals surface area contributed by atoms with Crippen molar-refractivity contribution >= 4 is 29.4 Å². The summed E-state index contributed by atoms with van der Waals surface area (Å²) in [6.45, 7) is 1.65. The molecule has 1 heterocycles. The molecular weight excluding hydrogens is 244 g/mol. The normalized spacial score (nSPS) is 17.3. The molecule has 2 rings (SSSR count). The standard InChI is InChI=1S/C11H9ClN2O3/c1-6(7-3-2-4-8(12)5-7)14-10(16)9(15)13-11(14)17/h2-6H,1H3,(H,13,15,17). The summed E-state index contributed by atoms with van der Waals surface area (Å²) in [5.41, 5.74) is 0.690. The Morgan fingerprint density at radius 1 is 1.29 bits per heavy atom. The highest BCUT2D eigenvalue weighted by Gasteiger charge is 2.40. The second-order valence-corrected chi connectivity index (χ2v) is 4.10. The molecule has 5 nitrogen and oxygen atoms in total. The molecule has 1 saturated heterocycles. The summed E-state index contributed by atoms with van der Waals surface area (Å²) in [6.07, 6.45) is 0. The number of amides is 4. The number of rotatable bonds is 2. The summed E-state index contributed by atoms with van der Waals surface area (Å²) in [6, 6.07) is 5.55. The van der Waals surface area contributed by atoms with Crippen LogP contribution in [-0.4, -0.2) is 22.7 Å². The lowest BCUT2D eigenvalue weighted by Gasteiger charge is -2.20. The Bertz CT molecular complexity index is 515. The average Bonchev–Trinajstić information content (AvgIpc) is 2.52. The number of halogens is 1. The lowest BCUT2D eigenvalue weighted by Crippen LogP contribution is -2.33. The van der Waals surface area contributed by atoms with Crippen molar-refractivity contribution in [2.24, 2.45) is 0 Å². The number of nitrogens with one attached hydrogen (secondary N) is 1. The fourth-order valence-corrected chi connectivity index (χ4v) is 1.88. The summed E-state index contributed by atoms with van der Waals surface area (Å²) >= 11 is 5.83. The molecule has 1 atom stereocenters. The van der Waals surface area contributed by atoms with Crippen molar-refractivity contribution in [3.63, 3.8) is 0 Å². The van der Waals surface area contributed by atoms with Gasteiger partial charge < -0.3 is 0 Å². The Morgan fingerprint density at radius 2 is 2.00 bits per heavy atom.